The Morgan fingerprint density at radius 3 is 2.50 bits per heavy atom. The monoisotopic (exact) mass is 349 g/mol. The lowest BCUT2D eigenvalue weighted by molar-refractivity contribution is -0.127. The maximum atomic E-state index is 12.2. The molecule has 0 saturated heterocycles. The quantitative estimate of drug-likeness (QED) is 0.752. The summed E-state index contributed by atoms with van der Waals surface area (Å²) in [6.07, 6.45) is 5.65. The Labute approximate surface area is 150 Å². The number of thioether (sulfide) groups is 1. The van der Waals surface area contributed by atoms with E-state index in [0.29, 0.717) is 6.04 Å². The van der Waals surface area contributed by atoms with Crippen molar-refractivity contribution in [3.05, 3.63) is 11.4 Å². The number of hydrogen-bond acceptors (Lipinski definition) is 3. The fourth-order valence-corrected chi connectivity index (χ4v) is 6.04. The van der Waals surface area contributed by atoms with Crippen LogP contribution in [0, 0.1) is 31.6 Å². The highest BCUT2D eigenvalue weighted by Crippen LogP contribution is 2.52. The van der Waals surface area contributed by atoms with Gasteiger partial charge in [0.1, 0.15) is 0 Å². The molecule has 0 aromatic carbocycles. The molecule has 2 bridgehead atoms. The van der Waals surface area contributed by atoms with Crippen LogP contribution in [0.25, 0.3) is 0 Å². The van der Waals surface area contributed by atoms with Gasteiger partial charge in [-0.25, -0.2) is 4.98 Å². The lowest BCUT2D eigenvalue weighted by Crippen LogP contribution is -2.30. The first-order chi connectivity index (χ1) is 11.3. The molecule has 0 unspecified atom stereocenters. The minimum atomic E-state index is -0.104. The molecule has 0 aliphatic heterocycles. The van der Waals surface area contributed by atoms with Gasteiger partial charge in [-0.3, -0.25) is 4.79 Å². The van der Waals surface area contributed by atoms with Crippen LogP contribution in [0.2, 0.25) is 0 Å². The average Bonchev–Trinajstić information content (AvgIpc) is 3.22. The van der Waals surface area contributed by atoms with Crippen molar-refractivity contribution in [1.29, 1.82) is 0 Å². The Bertz CT molecular complexity index is 624. The molecule has 5 heteroatoms. The van der Waals surface area contributed by atoms with E-state index in [9.17, 15) is 4.79 Å². The Kier molecular flexibility index (Phi) is 5.01. The lowest BCUT2D eigenvalue weighted by Gasteiger charge is -2.31. The van der Waals surface area contributed by atoms with E-state index in [4.69, 9.17) is 4.98 Å². The van der Waals surface area contributed by atoms with Gasteiger partial charge in [-0.1, -0.05) is 18.2 Å². The average molecular weight is 350 g/mol. The zero-order valence-corrected chi connectivity index (χ0v) is 16.7. The van der Waals surface area contributed by atoms with Gasteiger partial charge < -0.3 is 9.47 Å². The summed E-state index contributed by atoms with van der Waals surface area (Å²) < 4.78 is 2.42. The molecule has 134 valence electrons. The third-order valence-corrected chi connectivity index (χ3v) is 7.30. The number of rotatable bonds is 5. The topological polar surface area (TPSA) is 38.1 Å². The number of carbonyl (C=O) groups is 1. The fraction of sp³-hybridized carbons (Fsp3) is 0.789. The lowest BCUT2D eigenvalue weighted by atomic mass is 9.84. The first-order valence-electron chi connectivity index (χ1n) is 9.22. The molecule has 5 atom stereocenters. The SMILES string of the molecule is Cc1nc(S[C@H](C)C(=O)N(C)C)n([C@H](C)[C@H]2C[C@H]3CC[C@H]2C3)c1C. The van der Waals surface area contributed by atoms with Gasteiger partial charge in [0.25, 0.3) is 0 Å². The number of nitrogens with zero attached hydrogens (tertiary/aromatic N) is 3. The molecule has 0 radical (unpaired) electrons. The zero-order valence-electron chi connectivity index (χ0n) is 15.9. The van der Waals surface area contributed by atoms with Crippen LogP contribution in [-0.4, -0.2) is 39.7 Å². The molecule has 2 fully saturated rings. The largest absolute Gasteiger partial charge is 0.348 e. The van der Waals surface area contributed by atoms with Gasteiger partial charge in [-0.15, -0.1) is 0 Å². The molecule has 1 aromatic rings. The van der Waals surface area contributed by atoms with Gasteiger partial charge in [0.05, 0.1) is 10.9 Å². The maximum absolute atomic E-state index is 12.2. The first kappa shape index (κ1) is 17.8. The van der Waals surface area contributed by atoms with Gasteiger partial charge in [0, 0.05) is 25.8 Å². The van der Waals surface area contributed by atoms with Crippen molar-refractivity contribution < 1.29 is 4.79 Å². The number of imidazole rings is 1. The summed E-state index contributed by atoms with van der Waals surface area (Å²) in [5.74, 6) is 2.77. The third kappa shape index (κ3) is 3.12. The first-order valence-corrected chi connectivity index (χ1v) is 10.1. The number of aromatic nitrogens is 2. The predicted molar refractivity (Wildman–Crippen MR) is 99.4 cm³/mol. The molecule has 24 heavy (non-hydrogen) atoms. The highest BCUT2D eigenvalue weighted by molar-refractivity contribution is 8.00. The van der Waals surface area contributed by atoms with Crippen molar-refractivity contribution in [2.75, 3.05) is 14.1 Å². The van der Waals surface area contributed by atoms with Crippen molar-refractivity contribution in [2.45, 2.75) is 69.8 Å². The van der Waals surface area contributed by atoms with Crippen LogP contribution in [-0.2, 0) is 4.79 Å². The number of hydrogen-bond donors (Lipinski definition) is 0. The van der Waals surface area contributed by atoms with E-state index in [2.05, 4.69) is 25.3 Å². The minimum absolute atomic E-state index is 0.104. The molecule has 1 amide bonds. The van der Waals surface area contributed by atoms with Gasteiger partial charge >= 0.3 is 0 Å². The molecule has 4 nitrogen and oxygen atoms in total. The predicted octanol–water partition coefficient (Wildman–Crippen LogP) is 4.07. The Morgan fingerprint density at radius 2 is 1.96 bits per heavy atom. The van der Waals surface area contributed by atoms with Crippen molar-refractivity contribution in [3.63, 3.8) is 0 Å². The number of carbonyl (C=O) groups excluding carboxylic acids is 1. The molecule has 0 spiro atoms. The highest BCUT2D eigenvalue weighted by atomic mass is 32.2. The molecule has 1 heterocycles. The molecular weight excluding hydrogens is 318 g/mol. The molecule has 3 rings (SSSR count). The second kappa shape index (κ2) is 6.74. The normalized spacial score (nSPS) is 28.2. The summed E-state index contributed by atoms with van der Waals surface area (Å²) in [6.45, 7) is 8.61. The standard InChI is InChI=1S/C19H31N3OS/c1-11-12(2)22(13(3)17-10-15-7-8-16(17)9-15)19(20-11)24-14(4)18(23)21(5)6/h13-17H,7-10H2,1-6H3/t13-,14-,15+,16+,17-/m1/s1. The minimum Gasteiger partial charge on any atom is -0.348 e. The van der Waals surface area contributed by atoms with Crippen LogP contribution in [0.15, 0.2) is 5.16 Å². The molecular formula is C19H31N3OS. The van der Waals surface area contributed by atoms with E-state index >= 15 is 0 Å². The van der Waals surface area contributed by atoms with Crippen LogP contribution in [0.4, 0.5) is 0 Å². The van der Waals surface area contributed by atoms with E-state index in [1.807, 2.05) is 21.0 Å². The van der Waals surface area contributed by atoms with Crippen LogP contribution in [0.5, 0.6) is 0 Å². The van der Waals surface area contributed by atoms with E-state index in [-0.39, 0.29) is 11.2 Å². The van der Waals surface area contributed by atoms with Gasteiger partial charge in [0.2, 0.25) is 5.91 Å². The number of fused-ring (bicyclic) bond motifs is 2. The smallest absolute Gasteiger partial charge is 0.235 e. The molecule has 0 N–H and O–H groups in total. The van der Waals surface area contributed by atoms with Crippen LogP contribution >= 0.6 is 11.8 Å². The van der Waals surface area contributed by atoms with Gasteiger partial charge in [-0.05, 0) is 64.7 Å². The maximum Gasteiger partial charge on any atom is 0.235 e. The number of amides is 1. The Morgan fingerprint density at radius 1 is 1.25 bits per heavy atom. The summed E-state index contributed by atoms with van der Waals surface area (Å²) in [4.78, 5) is 18.7. The third-order valence-electron chi connectivity index (χ3n) is 6.24. The van der Waals surface area contributed by atoms with Crippen molar-refractivity contribution in [2.24, 2.45) is 17.8 Å². The molecule has 2 saturated carbocycles. The summed E-state index contributed by atoms with van der Waals surface area (Å²) in [7, 11) is 3.64. The second-order valence-corrected chi connectivity index (χ2v) is 9.32. The van der Waals surface area contributed by atoms with E-state index in [0.717, 1.165) is 28.6 Å². The molecule has 2 aliphatic carbocycles. The number of aryl methyl sites for hydroxylation is 1. The van der Waals surface area contributed by atoms with E-state index < -0.39 is 0 Å². The van der Waals surface area contributed by atoms with E-state index in [1.54, 1.807) is 16.7 Å². The second-order valence-electron chi connectivity index (χ2n) is 8.01. The van der Waals surface area contributed by atoms with Gasteiger partial charge in [-0.2, -0.15) is 0 Å². The fourth-order valence-electron chi connectivity index (χ4n) is 4.81. The van der Waals surface area contributed by atoms with E-state index in [1.165, 1.54) is 31.4 Å². The van der Waals surface area contributed by atoms with Crippen molar-refractivity contribution in [1.82, 2.24) is 14.5 Å². The summed E-state index contributed by atoms with van der Waals surface area (Å²) in [6, 6.07) is 0.477. The van der Waals surface area contributed by atoms with Crippen molar-refractivity contribution in [3.8, 4) is 0 Å². The molecule has 1 aromatic heterocycles. The van der Waals surface area contributed by atoms with Crippen molar-refractivity contribution >= 4 is 17.7 Å². The molecule has 2 aliphatic rings. The Hall–Kier alpha value is -0.970. The van der Waals surface area contributed by atoms with Crippen LogP contribution in [0.1, 0.15) is 57.0 Å². The summed E-state index contributed by atoms with van der Waals surface area (Å²) in [5.41, 5.74) is 2.36. The van der Waals surface area contributed by atoms with Crippen LogP contribution in [0.3, 0.4) is 0 Å². The Balaban J connectivity index is 1.83. The summed E-state index contributed by atoms with van der Waals surface area (Å²) in [5, 5.41) is 0.912. The van der Waals surface area contributed by atoms with Crippen LogP contribution < -0.4 is 0 Å². The highest BCUT2D eigenvalue weighted by Gasteiger charge is 2.43. The van der Waals surface area contributed by atoms with Gasteiger partial charge in [0.15, 0.2) is 5.16 Å². The summed E-state index contributed by atoms with van der Waals surface area (Å²) >= 11 is 1.61. The zero-order chi connectivity index (χ0) is 17.6.